The van der Waals surface area contributed by atoms with Gasteiger partial charge in [0.1, 0.15) is 5.69 Å². The van der Waals surface area contributed by atoms with Crippen LogP contribution in [0.15, 0.2) is 18.2 Å². The van der Waals surface area contributed by atoms with Crippen molar-refractivity contribution in [2.45, 2.75) is 57.9 Å². The average Bonchev–Trinajstić information content (AvgIpc) is 2.89. The van der Waals surface area contributed by atoms with E-state index in [4.69, 9.17) is 0 Å². The lowest BCUT2D eigenvalue weighted by Crippen LogP contribution is -2.48. The van der Waals surface area contributed by atoms with E-state index in [1.54, 1.807) is 17.0 Å². The van der Waals surface area contributed by atoms with E-state index in [0.29, 0.717) is 57.8 Å². The molecule has 1 aromatic rings. The lowest BCUT2D eigenvalue weighted by molar-refractivity contribution is -0.384. The highest BCUT2D eigenvalue weighted by atomic mass is 16.6. The SMILES string of the molecule is CC(=O)N1CCN(c2ccc(C(=O)NC3CCN(C(=O)C4CCCCC4)CC3)cc2[N+](=O)[O-])CC1. The third-order valence-corrected chi connectivity index (χ3v) is 7.60. The normalized spacial score (nSPS) is 20.0. The van der Waals surface area contributed by atoms with E-state index in [2.05, 4.69) is 5.32 Å². The van der Waals surface area contributed by atoms with Crippen molar-refractivity contribution in [2.24, 2.45) is 5.92 Å². The monoisotopic (exact) mass is 485 g/mol. The molecule has 3 aliphatic rings. The third-order valence-electron chi connectivity index (χ3n) is 7.60. The Balaban J connectivity index is 1.34. The van der Waals surface area contributed by atoms with Gasteiger partial charge in [0, 0.05) is 69.8 Å². The summed E-state index contributed by atoms with van der Waals surface area (Å²) >= 11 is 0. The lowest BCUT2D eigenvalue weighted by Gasteiger charge is -2.35. The Labute approximate surface area is 205 Å². The minimum absolute atomic E-state index is 0.00430. The molecule has 190 valence electrons. The summed E-state index contributed by atoms with van der Waals surface area (Å²) in [6, 6.07) is 4.53. The van der Waals surface area contributed by atoms with Crippen molar-refractivity contribution < 1.29 is 19.3 Å². The fourth-order valence-corrected chi connectivity index (χ4v) is 5.46. The van der Waals surface area contributed by atoms with Crippen molar-refractivity contribution in [2.75, 3.05) is 44.2 Å². The van der Waals surface area contributed by atoms with Crippen LogP contribution < -0.4 is 10.2 Å². The summed E-state index contributed by atoms with van der Waals surface area (Å²) in [5, 5.41) is 14.8. The van der Waals surface area contributed by atoms with Crippen molar-refractivity contribution in [3.05, 3.63) is 33.9 Å². The summed E-state index contributed by atoms with van der Waals surface area (Å²) < 4.78 is 0. The maximum absolute atomic E-state index is 12.9. The zero-order valence-electron chi connectivity index (χ0n) is 20.4. The van der Waals surface area contributed by atoms with Crippen LogP contribution in [0.25, 0.3) is 0 Å². The molecule has 2 aliphatic heterocycles. The maximum atomic E-state index is 12.9. The maximum Gasteiger partial charge on any atom is 0.293 e. The van der Waals surface area contributed by atoms with Gasteiger partial charge in [0.2, 0.25) is 11.8 Å². The van der Waals surface area contributed by atoms with E-state index < -0.39 is 4.92 Å². The molecule has 3 amide bonds. The second-order valence-corrected chi connectivity index (χ2v) is 9.86. The van der Waals surface area contributed by atoms with E-state index in [1.807, 2.05) is 9.80 Å². The number of nitrogens with zero attached hydrogens (tertiary/aromatic N) is 4. The topological polar surface area (TPSA) is 116 Å². The second kappa shape index (κ2) is 11.0. The molecule has 10 heteroatoms. The predicted molar refractivity (Wildman–Crippen MR) is 131 cm³/mol. The molecule has 2 saturated heterocycles. The molecule has 0 unspecified atom stereocenters. The number of nitrogens with one attached hydrogen (secondary N) is 1. The Bertz CT molecular complexity index is 961. The third kappa shape index (κ3) is 5.91. The molecular weight excluding hydrogens is 450 g/mol. The fraction of sp³-hybridized carbons (Fsp3) is 0.640. The molecule has 0 aromatic heterocycles. The van der Waals surface area contributed by atoms with Gasteiger partial charge in [0.15, 0.2) is 0 Å². The highest BCUT2D eigenvalue weighted by molar-refractivity contribution is 5.96. The number of hydrogen-bond acceptors (Lipinski definition) is 6. The van der Waals surface area contributed by atoms with Crippen LogP contribution in [0.4, 0.5) is 11.4 Å². The van der Waals surface area contributed by atoms with Gasteiger partial charge in [-0.15, -0.1) is 0 Å². The number of benzene rings is 1. The fourth-order valence-electron chi connectivity index (χ4n) is 5.46. The van der Waals surface area contributed by atoms with E-state index in [1.165, 1.54) is 19.4 Å². The molecule has 0 atom stereocenters. The number of likely N-dealkylation sites (tertiary alicyclic amines) is 1. The lowest BCUT2D eigenvalue weighted by atomic mass is 9.87. The molecule has 10 nitrogen and oxygen atoms in total. The van der Waals surface area contributed by atoms with Crippen LogP contribution in [-0.2, 0) is 9.59 Å². The van der Waals surface area contributed by atoms with Gasteiger partial charge in [-0.05, 0) is 37.8 Å². The number of nitro groups is 1. The van der Waals surface area contributed by atoms with Crippen LogP contribution in [0, 0.1) is 16.0 Å². The van der Waals surface area contributed by atoms with Crippen LogP contribution in [0.2, 0.25) is 0 Å². The molecule has 35 heavy (non-hydrogen) atoms. The molecule has 1 aliphatic carbocycles. The molecular formula is C25H35N5O5. The van der Waals surface area contributed by atoms with E-state index in [0.717, 1.165) is 25.7 Å². The summed E-state index contributed by atoms with van der Waals surface area (Å²) in [6.07, 6.45) is 6.81. The van der Waals surface area contributed by atoms with Gasteiger partial charge in [-0.3, -0.25) is 24.5 Å². The minimum atomic E-state index is -0.460. The minimum Gasteiger partial charge on any atom is -0.362 e. The van der Waals surface area contributed by atoms with Gasteiger partial charge in [0.25, 0.3) is 11.6 Å². The average molecular weight is 486 g/mol. The molecule has 0 radical (unpaired) electrons. The first-order valence-corrected chi connectivity index (χ1v) is 12.7. The Morgan fingerprint density at radius 1 is 0.914 bits per heavy atom. The van der Waals surface area contributed by atoms with Gasteiger partial charge >= 0.3 is 0 Å². The molecule has 4 rings (SSSR count). The van der Waals surface area contributed by atoms with Gasteiger partial charge < -0.3 is 20.0 Å². The van der Waals surface area contributed by atoms with Crippen molar-refractivity contribution >= 4 is 29.1 Å². The van der Waals surface area contributed by atoms with Crippen LogP contribution in [0.5, 0.6) is 0 Å². The summed E-state index contributed by atoms with van der Waals surface area (Å²) in [5.41, 5.74) is 0.606. The standard InChI is InChI=1S/C25H35N5O5/c1-18(31)27-13-15-28(16-14-27)22-8-7-20(17-23(22)30(34)35)24(32)26-21-9-11-29(12-10-21)25(33)19-5-3-2-4-6-19/h7-8,17,19,21H,2-6,9-16H2,1H3,(H,26,32). The van der Waals surface area contributed by atoms with Crippen molar-refractivity contribution in [1.29, 1.82) is 0 Å². The number of anilines is 1. The summed E-state index contributed by atoms with van der Waals surface area (Å²) in [7, 11) is 0. The van der Waals surface area contributed by atoms with Gasteiger partial charge in [-0.1, -0.05) is 19.3 Å². The Morgan fingerprint density at radius 2 is 1.57 bits per heavy atom. The molecule has 0 bridgehead atoms. The first kappa shape index (κ1) is 24.9. The number of piperidine rings is 1. The van der Waals surface area contributed by atoms with Crippen molar-refractivity contribution in [3.63, 3.8) is 0 Å². The van der Waals surface area contributed by atoms with Crippen LogP contribution in [-0.4, -0.2) is 77.8 Å². The largest absolute Gasteiger partial charge is 0.362 e. The quantitative estimate of drug-likeness (QED) is 0.506. The summed E-state index contributed by atoms with van der Waals surface area (Å²) in [6.45, 7) is 4.81. The first-order chi connectivity index (χ1) is 16.8. The number of rotatable bonds is 5. The number of carbonyl (C=O) groups excluding carboxylic acids is 3. The molecule has 0 spiro atoms. The van der Waals surface area contributed by atoms with Gasteiger partial charge in [0.05, 0.1) is 4.92 Å². The highest BCUT2D eigenvalue weighted by Gasteiger charge is 2.30. The van der Waals surface area contributed by atoms with Crippen LogP contribution in [0.1, 0.15) is 62.2 Å². The Morgan fingerprint density at radius 3 is 2.17 bits per heavy atom. The van der Waals surface area contributed by atoms with E-state index in [-0.39, 0.29) is 40.9 Å². The van der Waals surface area contributed by atoms with Crippen molar-refractivity contribution in [3.8, 4) is 0 Å². The first-order valence-electron chi connectivity index (χ1n) is 12.7. The zero-order chi connectivity index (χ0) is 24.9. The molecule has 3 fully saturated rings. The summed E-state index contributed by atoms with van der Waals surface area (Å²) in [4.78, 5) is 54.1. The highest BCUT2D eigenvalue weighted by Crippen LogP contribution is 2.31. The smallest absolute Gasteiger partial charge is 0.293 e. The van der Waals surface area contributed by atoms with E-state index >= 15 is 0 Å². The molecule has 1 saturated carbocycles. The number of nitro benzene ring substituents is 1. The Kier molecular flexibility index (Phi) is 7.87. The molecule has 1 aromatic carbocycles. The van der Waals surface area contributed by atoms with Crippen LogP contribution >= 0.6 is 0 Å². The van der Waals surface area contributed by atoms with Gasteiger partial charge in [-0.2, -0.15) is 0 Å². The Hall–Kier alpha value is -3.17. The molecule has 2 heterocycles. The number of piperazine rings is 1. The van der Waals surface area contributed by atoms with Crippen LogP contribution in [0.3, 0.4) is 0 Å². The number of hydrogen-bond donors (Lipinski definition) is 1. The zero-order valence-corrected chi connectivity index (χ0v) is 20.4. The molecule has 1 N–H and O–H groups in total. The summed E-state index contributed by atoms with van der Waals surface area (Å²) in [5.74, 6) is 0.0673. The second-order valence-electron chi connectivity index (χ2n) is 9.86. The van der Waals surface area contributed by atoms with E-state index in [9.17, 15) is 24.5 Å². The van der Waals surface area contributed by atoms with Crippen molar-refractivity contribution in [1.82, 2.24) is 15.1 Å². The van der Waals surface area contributed by atoms with Gasteiger partial charge in [-0.25, -0.2) is 0 Å². The predicted octanol–water partition coefficient (Wildman–Crippen LogP) is 2.56. The number of amides is 3. The number of carbonyl (C=O) groups is 3.